The Labute approximate surface area is 115 Å². The van der Waals surface area contributed by atoms with Crippen molar-refractivity contribution in [3.8, 4) is 0 Å². The molecule has 0 radical (unpaired) electrons. The summed E-state index contributed by atoms with van der Waals surface area (Å²) in [5.41, 5.74) is 0. The van der Waals surface area contributed by atoms with Crippen LogP contribution in [0.1, 0.15) is 31.1 Å². The van der Waals surface area contributed by atoms with Crippen molar-refractivity contribution in [2.24, 2.45) is 0 Å². The van der Waals surface area contributed by atoms with Gasteiger partial charge in [-0.25, -0.2) is 0 Å². The molecule has 1 N–H and O–H groups in total. The summed E-state index contributed by atoms with van der Waals surface area (Å²) in [4.78, 5) is 16.3. The summed E-state index contributed by atoms with van der Waals surface area (Å²) in [6.07, 6.45) is 0.759. The minimum atomic E-state index is -0.150. The highest BCUT2D eigenvalue weighted by molar-refractivity contribution is 8.07. The van der Waals surface area contributed by atoms with Crippen molar-refractivity contribution < 1.29 is 9.32 Å². The van der Waals surface area contributed by atoms with Crippen LogP contribution in [-0.2, 0) is 4.79 Å². The highest BCUT2D eigenvalue weighted by Gasteiger charge is 2.25. The molecule has 7 heteroatoms. The molecule has 1 aliphatic heterocycles. The van der Waals surface area contributed by atoms with E-state index in [1.807, 2.05) is 18.7 Å². The third-order valence-corrected chi connectivity index (χ3v) is 5.44. The van der Waals surface area contributed by atoms with E-state index in [0.717, 1.165) is 23.7 Å². The van der Waals surface area contributed by atoms with Crippen LogP contribution in [-0.4, -0.2) is 38.6 Å². The van der Waals surface area contributed by atoms with Gasteiger partial charge in [-0.2, -0.15) is 16.7 Å². The van der Waals surface area contributed by atoms with Crippen molar-refractivity contribution in [1.82, 2.24) is 15.5 Å². The molecule has 0 aliphatic carbocycles. The second-order valence-electron chi connectivity index (χ2n) is 4.08. The third kappa shape index (κ3) is 3.41. The number of hydrogen-bond acceptors (Lipinski definition) is 6. The monoisotopic (exact) mass is 287 g/mol. The first kappa shape index (κ1) is 13.7. The van der Waals surface area contributed by atoms with Gasteiger partial charge in [0.15, 0.2) is 5.82 Å². The van der Waals surface area contributed by atoms with Crippen molar-refractivity contribution in [3.05, 3.63) is 11.7 Å². The summed E-state index contributed by atoms with van der Waals surface area (Å²) >= 11 is 3.56. The van der Waals surface area contributed by atoms with E-state index < -0.39 is 0 Å². The maximum atomic E-state index is 12.1. The van der Waals surface area contributed by atoms with Crippen LogP contribution in [0.4, 0.5) is 0 Å². The minimum Gasteiger partial charge on any atom is -0.345 e. The van der Waals surface area contributed by atoms with Gasteiger partial charge in [-0.05, 0) is 6.42 Å². The largest absolute Gasteiger partial charge is 0.345 e. The lowest BCUT2D eigenvalue weighted by Gasteiger charge is -2.22. The molecular formula is C11H17N3O2S2. The van der Waals surface area contributed by atoms with Crippen LogP contribution in [0, 0.1) is 6.92 Å². The second kappa shape index (κ2) is 6.47. The fourth-order valence-corrected chi connectivity index (χ4v) is 4.28. The number of aromatic nitrogens is 2. The Morgan fingerprint density at radius 1 is 1.61 bits per heavy atom. The molecule has 0 saturated carbocycles. The number of hydrogen-bond donors (Lipinski definition) is 1. The number of carbonyl (C=O) groups excluding carboxylic acids is 1. The molecule has 1 aromatic rings. The van der Waals surface area contributed by atoms with Gasteiger partial charge in [0.25, 0.3) is 0 Å². The van der Waals surface area contributed by atoms with Gasteiger partial charge in [0, 0.05) is 24.2 Å². The van der Waals surface area contributed by atoms with Gasteiger partial charge >= 0.3 is 0 Å². The van der Waals surface area contributed by atoms with Crippen molar-refractivity contribution >= 4 is 29.4 Å². The molecular weight excluding hydrogens is 270 g/mol. The summed E-state index contributed by atoms with van der Waals surface area (Å²) in [7, 11) is 0. The van der Waals surface area contributed by atoms with E-state index in [1.54, 1.807) is 18.7 Å². The van der Waals surface area contributed by atoms with Crippen molar-refractivity contribution in [1.29, 1.82) is 0 Å². The van der Waals surface area contributed by atoms with E-state index in [2.05, 4.69) is 15.5 Å². The fraction of sp³-hybridized carbons (Fsp3) is 0.727. The first-order valence-corrected chi connectivity index (χ1v) is 8.21. The first-order chi connectivity index (χ1) is 8.70. The number of aryl methyl sites for hydroxylation is 1. The van der Waals surface area contributed by atoms with Crippen LogP contribution in [0.25, 0.3) is 0 Å². The van der Waals surface area contributed by atoms with Crippen LogP contribution >= 0.6 is 23.5 Å². The van der Waals surface area contributed by atoms with E-state index in [9.17, 15) is 4.79 Å². The number of nitrogens with one attached hydrogen (secondary N) is 1. The summed E-state index contributed by atoms with van der Waals surface area (Å²) in [5.74, 6) is 4.24. The molecule has 2 rings (SSSR count). The zero-order chi connectivity index (χ0) is 13.0. The number of rotatable bonds is 4. The Kier molecular flexibility index (Phi) is 4.94. The lowest BCUT2D eigenvalue weighted by Crippen LogP contribution is -2.38. The Hall–Kier alpha value is -0.690. The second-order valence-corrected chi connectivity index (χ2v) is 6.54. The SMILES string of the molecule is CCC(NC(=O)C1CSCCS1)c1noc(C)n1. The van der Waals surface area contributed by atoms with Crippen LogP contribution < -0.4 is 5.32 Å². The van der Waals surface area contributed by atoms with Gasteiger partial charge in [-0.3, -0.25) is 4.79 Å². The summed E-state index contributed by atoms with van der Waals surface area (Å²) in [6.45, 7) is 3.75. The quantitative estimate of drug-likeness (QED) is 0.910. The van der Waals surface area contributed by atoms with Crippen LogP contribution in [0.2, 0.25) is 0 Å². The standard InChI is InChI=1S/C11H17N3O2S2/c1-3-8(10-12-7(2)16-14-10)13-11(15)9-6-17-4-5-18-9/h8-9H,3-6H2,1-2H3,(H,13,15). The van der Waals surface area contributed by atoms with Gasteiger partial charge in [0.2, 0.25) is 11.8 Å². The minimum absolute atomic E-state index is 0.0470. The maximum absolute atomic E-state index is 12.1. The third-order valence-electron chi connectivity index (χ3n) is 2.69. The summed E-state index contributed by atoms with van der Waals surface area (Å²) in [6, 6.07) is -0.150. The molecule has 1 amide bonds. The van der Waals surface area contributed by atoms with Gasteiger partial charge in [0.1, 0.15) is 0 Å². The van der Waals surface area contributed by atoms with Gasteiger partial charge < -0.3 is 9.84 Å². The maximum Gasteiger partial charge on any atom is 0.234 e. The molecule has 2 atom stereocenters. The highest BCUT2D eigenvalue weighted by Crippen LogP contribution is 2.25. The number of nitrogens with zero attached hydrogens (tertiary/aromatic N) is 2. The van der Waals surface area contributed by atoms with Crippen molar-refractivity contribution in [2.45, 2.75) is 31.6 Å². The first-order valence-electron chi connectivity index (χ1n) is 6.00. The van der Waals surface area contributed by atoms with Gasteiger partial charge in [-0.1, -0.05) is 12.1 Å². The predicted octanol–water partition coefficient (Wildman–Crippen LogP) is 1.79. The molecule has 100 valence electrons. The predicted molar refractivity (Wildman–Crippen MR) is 73.8 cm³/mol. The van der Waals surface area contributed by atoms with Crippen LogP contribution in [0.5, 0.6) is 0 Å². The molecule has 1 aliphatic rings. The smallest absolute Gasteiger partial charge is 0.234 e. The molecule has 1 aromatic heterocycles. The van der Waals surface area contributed by atoms with E-state index >= 15 is 0 Å². The zero-order valence-electron chi connectivity index (χ0n) is 10.5. The molecule has 18 heavy (non-hydrogen) atoms. The molecule has 0 aromatic carbocycles. The fourth-order valence-electron chi connectivity index (χ4n) is 1.71. The molecule has 1 fully saturated rings. The van der Waals surface area contributed by atoms with E-state index in [1.165, 1.54) is 0 Å². The normalized spacial score (nSPS) is 21.6. The van der Waals surface area contributed by atoms with E-state index in [-0.39, 0.29) is 17.2 Å². The number of carbonyl (C=O) groups is 1. The van der Waals surface area contributed by atoms with E-state index in [4.69, 9.17) is 4.52 Å². The average Bonchev–Trinajstić information content (AvgIpc) is 2.83. The summed E-state index contributed by atoms with van der Waals surface area (Å²) in [5, 5.41) is 6.93. The molecule has 2 unspecified atom stereocenters. The number of amides is 1. The lowest BCUT2D eigenvalue weighted by atomic mass is 10.2. The van der Waals surface area contributed by atoms with Gasteiger partial charge in [-0.15, -0.1) is 11.8 Å². The van der Waals surface area contributed by atoms with Crippen molar-refractivity contribution in [2.75, 3.05) is 17.3 Å². The van der Waals surface area contributed by atoms with Gasteiger partial charge in [0.05, 0.1) is 11.3 Å². The molecule has 0 bridgehead atoms. The highest BCUT2D eigenvalue weighted by atomic mass is 32.2. The molecule has 0 spiro atoms. The Morgan fingerprint density at radius 3 is 3.00 bits per heavy atom. The topological polar surface area (TPSA) is 68.0 Å². The zero-order valence-corrected chi connectivity index (χ0v) is 12.1. The molecule has 1 saturated heterocycles. The molecule has 5 nitrogen and oxygen atoms in total. The van der Waals surface area contributed by atoms with Crippen LogP contribution in [0.3, 0.4) is 0 Å². The Morgan fingerprint density at radius 2 is 2.44 bits per heavy atom. The summed E-state index contributed by atoms with van der Waals surface area (Å²) < 4.78 is 4.95. The average molecular weight is 287 g/mol. The Balaban J connectivity index is 1.95. The van der Waals surface area contributed by atoms with Crippen LogP contribution in [0.15, 0.2) is 4.52 Å². The van der Waals surface area contributed by atoms with E-state index in [0.29, 0.717) is 11.7 Å². The molecule has 2 heterocycles. The number of thioether (sulfide) groups is 2. The van der Waals surface area contributed by atoms with Crippen molar-refractivity contribution in [3.63, 3.8) is 0 Å². The Bertz CT molecular complexity index is 405. The lowest BCUT2D eigenvalue weighted by molar-refractivity contribution is -0.121.